The number of nitrogens with one attached hydrogen (secondary N) is 1. The van der Waals surface area contributed by atoms with Gasteiger partial charge >= 0.3 is 0 Å². The van der Waals surface area contributed by atoms with E-state index >= 15 is 0 Å². The summed E-state index contributed by atoms with van der Waals surface area (Å²) in [5.41, 5.74) is 8.56. The summed E-state index contributed by atoms with van der Waals surface area (Å²) in [6, 6.07) is 8.46. The fraction of sp³-hybridized carbons (Fsp3) is 0.250. The number of fused-ring (bicyclic) bond motifs is 1. The van der Waals surface area contributed by atoms with Crippen LogP contribution in [0, 0.1) is 12.3 Å². The summed E-state index contributed by atoms with van der Waals surface area (Å²) in [5, 5.41) is 8.63. The van der Waals surface area contributed by atoms with Crippen molar-refractivity contribution < 1.29 is 22.4 Å². The molecule has 0 aliphatic carbocycles. The van der Waals surface area contributed by atoms with E-state index in [9.17, 15) is 8.42 Å². The molecule has 0 aliphatic heterocycles. The van der Waals surface area contributed by atoms with Gasteiger partial charge < -0.3 is 19.7 Å². The summed E-state index contributed by atoms with van der Waals surface area (Å²) in [4.78, 5) is -0.0479. The van der Waals surface area contributed by atoms with Gasteiger partial charge in [0.15, 0.2) is 11.4 Å². The number of sulfonamides is 1. The summed E-state index contributed by atoms with van der Waals surface area (Å²) in [6.45, 7) is 2.69. The van der Waals surface area contributed by atoms with Crippen LogP contribution >= 0.6 is 0 Å². The molecule has 10 nitrogen and oxygen atoms in total. The van der Waals surface area contributed by atoms with E-state index in [-0.39, 0.29) is 23.1 Å². The zero-order chi connectivity index (χ0) is 25.0. The van der Waals surface area contributed by atoms with Crippen molar-refractivity contribution in [3.8, 4) is 23.8 Å². The first-order valence-corrected chi connectivity index (χ1v) is 12.3. The maximum atomic E-state index is 13.3. The van der Waals surface area contributed by atoms with E-state index in [1.165, 1.54) is 7.11 Å². The predicted molar refractivity (Wildman–Crippen MR) is 131 cm³/mol. The van der Waals surface area contributed by atoms with Crippen LogP contribution in [0.3, 0.4) is 0 Å². The van der Waals surface area contributed by atoms with Gasteiger partial charge in [-0.15, -0.1) is 6.42 Å². The van der Waals surface area contributed by atoms with Gasteiger partial charge in [0.1, 0.15) is 28.4 Å². The highest BCUT2D eigenvalue weighted by molar-refractivity contribution is 7.92. The van der Waals surface area contributed by atoms with E-state index in [1.807, 2.05) is 13.1 Å². The van der Waals surface area contributed by atoms with Gasteiger partial charge in [-0.05, 0) is 41.8 Å². The van der Waals surface area contributed by atoms with Crippen molar-refractivity contribution in [1.82, 2.24) is 14.9 Å². The van der Waals surface area contributed by atoms with Crippen molar-refractivity contribution in [3.05, 3.63) is 59.4 Å². The third-order valence-electron chi connectivity index (χ3n) is 5.33. The molecule has 0 unspecified atom stereocenters. The van der Waals surface area contributed by atoms with Crippen molar-refractivity contribution >= 4 is 26.8 Å². The fourth-order valence-corrected chi connectivity index (χ4v) is 4.80. The number of aryl methyl sites for hydroxylation is 1. The monoisotopic (exact) mass is 495 g/mol. The molecule has 0 spiro atoms. The van der Waals surface area contributed by atoms with E-state index < -0.39 is 10.0 Å². The molecule has 2 aromatic heterocycles. The van der Waals surface area contributed by atoms with E-state index in [2.05, 4.69) is 20.9 Å². The summed E-state index contributed by atoms with van der Waals surface area (Å²) in [7, 11) is -2.61. The molecule has 0 saturated carbocycles. The van der Waals surface area contributed by atoms with Crippen LogP contribution in [0.2, 0.25) is 0 Å². The summed E-state index contributed by atoms with van der Waals surface area (Å²) < 4.78 is 47.4. The van der Waals surface area contributed by atoms with Gasteiger partial charge in [0, 0.05) is 18.3 Å². The molecule has 0 atom stereocenters. The average molecular weight is 496 g/mol. The van der Waals surface area contributed by atoms with Gasteiger partial charge in [0.2, 0.25) is 0 Å². The third-order valence-corrected chi connectivity index (χ3v) is 6.69. The van der Waals surface area contributed by atoms with E-state index in [4.69, 9.17) is 26.2 Å². The molecule has 3 N–H and O–H groups in total. The van der Waals surface area contributed by atoms with Crippen molar-refractivity contribution in [2.24, 2.45) is 5.73 Å². The van der Waals surface area contributed by atoms with Gasteiger partial charge in [-0.2, -0.15) is 5.10 Å². The Hall–Kier alpha value is -4.01. The minimum atomic E-state index is -4.10. The van der Waals surface area contributed by atoms with Crippen molar-refractivity contribution in [2.45, 2.75) is 31.3 Å². The molecule has 4 aromatic rings. The largest absolute Gasteiger partial charge is 0.496 e. The summed E-state index contributed by atoms with van der Waals surface area (Å²) in [6.07, 6.45) is 9.47. The lowest BCUT2D eigenvalue weighted by Crippen LogP contribution is -2.15. The van der Waals surface area contributed by atoms with Crippen LogP contribution < -0.4 is 19.9 Å². The Labute approximate surface area is 203 Å². The predicted octanol–water partition coefficient (Wildman–Crippen LogP) is 2.92. The molecule has 0 amide bonds. The molecule has 0 bridgehead atoms. The van der Waals surface area contributed by atoms with Gasteiger partial charge in [-0.25, -0.2) is 8.42 Å². The van der Waals surface area contributed by atoms with Crippen LogP contribution in [-0.2, 0) is 29.5 Å². The Bertz CT molecular complexity index is 1500. The van der Waals surface area contributed by atoms with Crippen LogP contribution in [0.4, 0.5) is 5.82 Å². The maximum absolute atomic E-state index is 13.3. The number of aromatic nitrogens is 3. The Morgan fingerprint density at radius 1 is 1.20 bits per heavy atom. The van der Waals surface area contributed by atoms with Crippen molar-refractivity contribution in [1.29, 1.82) is 0 Å². The highest BCUT2D eigenvalue weighted by Crippen LogP contribution is 2.36. The molecule has 2 aromatic carbocycles. The number of methoxy groups -OCH3 is 1. The van der Waals surface area contributed by atoms with Crippen molar-refractivity contribution in [2.75, 3.05) is 18.4 Å². The first-order valence-electron chi connectivity index (χ1n) is 10.8. The SMILES string of the molecule is C#CCOc1ccc(CC)cc1S(=O)(=O)Nc1noc2cc(Cn3cc(CN)cn3)cc(OC)c12. The lowest BCUT2D eigenvalue weighted by atomic mass is 10.1. The lowest BCUT2D eigenvalue weighted by Gasteiger charge is -2.13. The number of rotatable bonds is 10. The Morgan fingerprint density at radius 2 is 2.03 bits per heavy atom. The second kappa shape index (κ2) is 10.1. The highest BCUT2D eigenvalue weighted by atomic mass is 32.2. The molecule has 4 rings (SSSR count). The quantitative estimate of drug-likeness (QED) is 0.321. The zero-order valence-electron chi connectivity index (χ0n) is 19.3. The second-order valence-corrected chi connectivity index (χ2v) is 9.34. The minimum absolute atomic E-state index is 0.00212. The molecule has 2 heterocycles. The average Bonchev–Trinajstić information content (AvgIpc) is 3.48. The third kappa shape index (κ3) is 5.08. The van der Waals surface area contributed by atoms with E-state index in [1.54, 1.807) is 41.2 Å². The minimum Gasteiger partial charge on any atom is -0.496 e. The highest BCUT2D eigenvalue weighted by Gasteiger charge is 2.25. The number of nitrogens with two attached hydrogens (primary N) is 1. The number of anilines is 1. The van der Waals surface area contributed by atoms with Gasteiger partial charge in [-0.1, -0.05) is 24.1 Å². The van der Waals surface area contributed by atoms with Gasteiger partial charge in [0.05, 0.1) is 19.9 Å². The number of ether oxygens (including phenoxy) is 2. The number of hydrogen-bond donors (Lipinski definition) is 2. The normalized spacial score (nSPS) is 11.4. The Morgan fingerprint density at radius 3 is 2.71 bits per heavy atom. The topological polar surface area (TPSA) is 134 Å². The molecule has 0 fully saturated rings. The molecule has 35 heavy (non-hydrogen) atoms. The van der Waals surface area contributed by atoms with Gasteiger partial charge in [-0.3, -0.25) is 9.40 Å². The number of nitrogens with zero attached hydrogens (tertiary/aromatic N) is 3. The van der Waals surface area contributed by atoms with Gasteiger partial charge in [0.25, 0.3) is 10.0 Å². The molecule has 182 valence electrons. The van der Waals surface area contributed by atoms with E-state index in [0.717, 1.165) is 16.7 Å². The molecular weight excluding hydrogens is 470 g/mol. The van der Waals surface area contributed by atoms with Crippen LogP contribution in [0.25, 0.3) is 11.0 Å². The first kappa shape index (κ1) is 24.1. The van der Waals surface area contributed by atoms with Crippen LogP contribution in [-0.4, -0.2) is 37.1 Å². The number of hydrogen-bond acceptors (Lipinski definition) is 8. The lowest BCUT2D eigenvalue weighted by molar-refractivity contribution is 0.360. The Balaban J connectivity index is 1.70. The molecule has 11 heteroatoms. The second-order valence-electron chi connectivity index (χ2n) is 7.69. The molecule has 0 aliphatic rings. The molecule has 0 saturated heterocycles. The smallest absolute Gasteiger partial charge is 0.266 e. The van der Waals surface area contributed by atoms with Crippen LogP contribution in [0.15, 0.2) is 52.1 Å². The standard InChI is InChI=1S/C24H25N5O5S/c1-4-8-33-19-7-6-16(5-2)11-22(19)35(30,31)28-24-23-20(32-3)9-17(10-21(23)34-27-24)14-29-15-18(12-25)13-26-29/h1,6-7,9-11,13,15H,5,8,12,14,25H2,2-3H3,(H,27,28). The number of terminal acetylenes is 1. The summed E-state index contributed by atoms with van der Waals surface area (Å²) in [5.74, 6) is 2.88. The van der Waals surface area contributed by atoms with E-state index in [0.29, 0.717) is 36.2 Å². The van der Waals surface area contributed by atoms with Crippen molar-refractivity contribution in [3.63, 3.8) is 0 Å². The van der Waals surface area contributed by atoms with Crippen LogP contribution in [0.5, 0.6) is 11.5 Å². The number of benzene rings is 2. The maximum Gasteiger partial charge on any atom is 0.266 e. The molecular formula is C24H25N5O5S. The Kier molecular flexibility index (Phi) is 6.95. The fourth-order valence-electron chi connectivity index (χ4n) is 3.60. The zero-order valence-corrected chi connectivity index (χ0v) is 20.1. The van der Waals surface area contributed by atoms with Crippen LogP contribution in [0.1, 0.15) is 23.6 Å². The molecule has 0 radical (unpaired) electrons. The first-order chi connectivity index (χ1) is 16.9. The summed E-state index contributed by atoms with van der Waals surface area (Å²) >= 11 is 0.